The third-order valence-corrected chi connectivity index (χ3v) is 5.81. The Kier molecular flexibility index (Phi) is 3.74. The Balaban J connectivity index is 2.28. The minimum absolute atomic E-state index is 0.301. The number of terminal acetylenes is 2. The van der Waals surface area contributed by atoms with Crippen molar-refractivity contribution in [2.75, 3.05) is 0 Å². The first-order valence-corrected chi connectivity index (χ1v) is 8.22. The van der Waals surface area contributed by atoms with Gasteiger partial charge in [0.2, 0.25) is 9.84 Å². The standard InChI is InChI=1S/C18H18O2S/c1-5-17(3)11-7-15(8-12-17)21(19,20)16-9-13-18(4,6-2)14-10-16/h1-2,7-11,13H,12,14H2,3-4H3. The molecule has 0 saturated heterocycles. The molecule has 0 N–H and O–H groups in total. The molecule has 2 aliphatic carbocycles. The van der Waals surface area contributed by atoms with Crippen LogP contribution in [0.1, 0.15) is 26.7 Å². The monoisotopic (exact) mass is 298 g/mol. The van der Waals surface area contributed by atoms with E-state index in [1.807, 2.05) is 13.8 Å². The summed E-state index contributed by atoms with van der Waals surface area (Å²) < 4.78 is 25.2. The van der Waals surface area contributed by atoms with Gasteiger partial charge < -0.3 is 0 Å². The normalized spacial score (nSPS) is 31.8. The van der Waals surface area contributed by atoms with Crippen molar-refractivity contribution in [2.45, 2.75) is 26.7 Å². The Labute approximate surface area is 127 Å². The number of hydrogen-bond donors (Lipinski definition) is 0. The summed E-state index contributed by atoms with van der Waals surface area (Å²) in [6.45, 7) is 3.81. The fraction of sp³-hybridized carbons (Fsp3) is 0.333. The second-order valence-electron chi connectivity index (χ2n) is 5.91. The molecule has 0 amide bonds. The molecule has 0 aromatic rings. The van der Waals surface area contributed by atoms with Gasteiger partial charge in [0.05, 0.1) is 20.6 Å². The van der Waals surface area contributed by atoms with Crippen molar-refractivity contribution < 1.29 is 8.42 Å². The molecule has 0 aromatic heterocycles. The molecule has 0 saturated carbocycles. The van der Waals surface area contributed by atoms with Crippen LogP contribution < -0.4 is 0 Å². The second kappa shape index (κ2) is 5.10. The summed E-state index contributed by atoms with van der Waals surface area (Å²) in [4.78, 5) is 0.603. The van der Waals surface area contributed by atoms with E-state index in [0.717, 1.165) is 0 Å². The van der Waals surface area contributed by atoms with Gasteiger partial charge in [0.1, 0.15) is 0 Å². The minimum Gasteiger partial charge on any atom is -0.219 e. The van der Waals surface area contributed by atoms with Crippen LogP contribution in [0.3, 0.4) is 0 Å². The summed E-state index contributed by atoms with van der Waals surface area (Å²) in [7, 11) is -3.49. The Morgan fingerprint density at radius 2 is 1.33 bits per heavy atom. The maximum absolute atomic E-state index is 12.6. The molecule has 0 spiro atoms. The number of allylic oxidation sites excluding steroid dienone is 6. The highest BCUT2D eigenvalue weighted by atomic mass is 32.2. The van der Waals surface area contributed by atoms with Gasteiger partial charge in [-0.2, -0.15) is 0 Å². The van der Waals surface area contributed by atoms with Gasteiger partial charge in [-0.15, -0.1) is 12.8 Å². The lowest BCUT2D eigenvalue weighted by Crippen LogP contribution is -2.17. The molecule has 2 nitrogen and oxygen atoms in total. The molecule has 0 aliphatic heterocycles. The van der Waals surface area contributed by atoms with E-state index in [2.05, 4.69) is 11.8 Å². The van der Waals surface area contributed by atoms with Crippen LogP contribution in [0.5, 0.6) is 0 Å². The quantitative estimate of drug-likeness (QED) is 0.733. The molecule has 2 atom stereocenters. The van der Waals surface area contributed by atoms with Gasteiger partial charge >= 0.3 is 0 Å². The van der Waals surface area contributed by atoms with Crippen molar-refractivity contribution in [2.24, 2.45) is 10.8 Å². The number of rotatable bonds is 2. The summed E-state index contributed by atoms with van der Waals surface area (Å²) in [5, 5.41) is 0. The second-order valence-corrected chi connectivity index (χ2v) is 7.86. The first-order valence-electron chi connectivity index (χ1n) is 6.74. The lowest BCUT2D eigenvalue weighted by atomic mass is 9.85. The summed E-state index contributed by atoms with van der Waals surface area (Å²) in [5.74, 6) is 5.35. The topological polar surface area (TPSA) is 34.1 Å². The summed E-state index contributed by atoms with van der Waals surface area (Å²) >= 11 is 0. The highest BCUT2D eigenvalue weighted by Gasteiger charge is 2.29. The van der Waals surface area contributed by atoms with Gasteiger partial charge in [-0.3, -0.25) is 0 Å². The summed E-state index contributed by atoms with van der Waals surface area (Å²) in [6, 6.07) is 0. The molecular weight excluding hydrogens is 280 g/mol. The van der Waals surface area contributed by atoms with Crippen molar-refractivity contribution in [3.63, 3.8) is 0 Å². The van der Waals surface area contributed by atoms with Crippen LogP contribution in [0.2, 0.25) is 0 Å². The predicted molar refractivity (Wildman–Crippen MR) is 86.5 cm³/mol. The molecule has 0 heterocycles. The Bertz CT molecular complexity index is 703. The lowest BCUT2D eigenvalue weighted by Gasteiger charge is -2.24. The molecule has 2 aliphatic rings. The van der Waals surface area contributed by atoms with Crippen molar-refractivity contribution in [3.8, 4) is 24.7 Å². The maximum atomic E-state index is 12.6. The van der Waals surface area contributed by atoms with Gasteiger partial charge in [-0.1, -0.05) is 36.1 Å². The maximum Gasteiger partial charge on any atom is 0.205 e. The van der Waals surface area contributed by atoms with E-state index in [9.17, 15) is 8.42 Å². The van der Waals surface area contributed by atoms with Crippen molar-refractivity contribution >= 4 is 9.84 Å². The SMILES string of the molecule is C#CC1(C)C=CC(S(=O)(=O)C2=CCC(C)(C#C)C=C2)=CC1. The van der Waals surface area contributed by atoms with Crippen LogP contribution in [0.4, 0.5) is 0 Å². The Morgan fingerprint density at radius 3 is 1.57 bits per heavy atom. The predicted octanol–water partition coefficient (Wildman–Crippen LogP) is 3.37. The van der Waals surface area contributed by atoms with Crippen molar-refractivity contribution in [1.82, 2.24) is 0 Å². The summed E-state index contributed by atoms with van der Waals surface area (Å²) in [5.41, 5.74) is -0.810. The average Bonchev–Trinajstić information content (AvgIpc) is 2.48. The Morgan fingerprint density at radius 1 is 0.952 bits per heavy atom. The minimum atomic E-state index is -3.49. The van der Waals surface area contributed by atoms with Gasteiger partial charge in [-0.25, -0.2) is 8.42 Å². The highest BCUT2D eigenvalue weighted by molar-refractivity contribution is 7.99. The van der Waals surface area contributed by atoms with E-state index >= 15 is 0 Å². The Hall–Kier alpha value is -1.97. The third kappa shape index (κ3) is 2.89. The van der Waals surface area contributed by atoms with E-state index in [-0.39, 0.29) is 0 Å². The zero-order valence-electron chi connectivity index (χ0n) is 12.3. The molecule has 0 fully saturated rings. The van der Waals surface area contributed by atoms with Crippen LogP contribution in [-0.2, 0) is 9.84 Å². The molecule has 0 bridgehead atoms. The van der Waals surface area contributed by atoms with Gasteiger partial charge in [-0.05, 0) is 38.8 Å². The van der Waals surface area contributed by atoms with Crippen LogP contribution in [0.15, 0.2) is 46.3 Å². The third-order valence-electron chi connectivity index (χ3n) is 3.97. The van der Waals surface area contributed by atoms with Gasteiger partial charge in [0.15, 0.2) is 0 Å². The zero-order chi connectivity index (χ0) is 15.7. The largest absolute Gasteiger partial charge is 0.219 e. The fourth-order valence-electron chi connectivity index (χ4n) is 2.18. The number of sulfone groups is 1. The molecule has 3 heteroatoms. The van der Waals surface area contributed by atoms with Gasteiger partial charge in [0.25, 0.3) is 0 Å². The van der Waals surface area contributed by atoms with Gasteiger partial charge in [0, 0.05) is 0 Å². The smallest absolute Gasteiger partial charge is 0.205 e. The molecule has 0 aromatic carbocycles. The summed E-state index contributed by atoms with van der Waals surface area (Å²) in [6.07, 6.45) is 22.1. The van der Waals surface area contributed by atoms with E-state index < -0.39 is 20.7 Å². The lowest BCUT2D eigenvalue weighted by molar-refractivity contribution is 0.574. The van der Waals surface area contributed by atoms with Crippen LogP contribution in [0, 0.1) is 35.5 Å². The average molecular weight is 298 g/mol. The molecule has 2 rings (SSSR count). The molecule has 108 valence electrons. The fourth-order valence-corrected chi connectivity index (χ4v) is 3.55. The van der Waals surface area contributed by atoms with Crippen molar-refractivity contribution in [3.05, 3.63) is 46.3 Å². The molecule has 2 unspecified atom stereocenters. The van der Waals surface area contributed by atoms with E-state index in [0.29, 0.717) is 22.7 Å². The zero-order valence-corrected chi connectivity index (χ0v) is 13.1. The number of hydrogen-bond acceptors (Lipinski definition) is 2. The van der Waals surface area contributed by atoms with Crippen LogP contribution >= 0.6 is 0 Å². The molecular formula is C18H18O2S. The van der Waals surface area contributed by atoms with E-state index in [1.54, 1.807) is 36.5 Å². The first kappa shape index (κ1) is 15.4. The van der Waals surface area contributed by atoms with E-state index in [4.69, 9.17) is 12.8 Å². The van der Waals surface area contributed by atoms with Crippen molar-refractivity contribution in [1.29, 1.82) is 0 Å². The van der Waals surface area contributed by atoms with E-state index in [1.165, 1.54) is 0 Å². The van der Waals surface area contributed by atoms with Crippen LogP contribution in [0.25, 0.3) is 0 Å². The first-order chi connectivity index (χ1) is 9.75. The molecule has 0 radical (unpaired) electrons. The molecule has 21 heavy (non-hydrogen) atoms. The highest BCUT2D eigenvalue weighted by Crippen LogP contribution is 2.35. The van der Waals surface area contributed by atoms with Crippen LogP contribution in [-0.4, -0.2) is 8.42 Å².